The maximum Gasteiger partial charge on any atom is 0.101 e. The molecule has 50 heavy (non-hydrogen) atoms. The van der Waals surface area contributed by atoms with Crippen LogP contribution in [0, 0.1) is 0 Å². The molecule has 0 aromatic carbocycles. The minimum atomic E-state index is -0.481. The van der Waals surface area contributed by atoms with Crippen LogP contribution in [-0.4, -0.2) is 37.6 Å². The Hall–Kier alpha value is -0.120. The fourth-order valence-corrected chi connectivity index (χ4v) is 7.41. The van der Waals surface area contributed by atoms with E-state index in [1.54, 1.807) is 0 Å². The fourth-order valence-electron chi connectivity index (χ4n) is 7.41. The molecule has 0 amide bonds. The van der Waals surface area contributed by atoms with Gasteiger partial charge in [0.25, 0.3) is 0 Å². The molecule has 0 radical (unpaired) electrons. The molecule has 0 bridgehead atoms. The van der Waals surface area contributed by atoms with E-state index in [1.807, 2.05) is 0 Å². The number of hydrogen-bond acceptors (Lipinski definition) is 3. The zero-order valence-corrected chi connectivity index (χ0v) is 35.0. The summed E-state index contributed by atoms with van der Waals surface area (Å²) in [5, 5.41) is 10.1. The summed E-state index contributed by atoms with van der Waals surface area (Å²) in [6.07, 6.45) is 55.8. The largest absolute Gasteiger partial charge is 0.388 e. The first-order valence-electron chi connectivity index (χ1n) is 23.6. The molecule has 0 atom stereocenters. The predicted octanol–water partition coefficient (Wildman–Crippen LogP) is 16.0. The van der Waals surface area contributed by atoms with Crippen LogP contribution in [-0.2, 0) is 9.47 Å². The Morgan fingerprint density at radius 2 is 0.420 bits per heavy atom. The zero-order valence-electron chi connectivity index (χ0n) is 35.0. The summed E-state index contributed by atoms with van der Waals surface area (Å²) in [5.74, 6) is 0. The van der Waals surface area contributed by atoms with Gasteiger partial charge in [-0.25, -0.2) is 0 Å². The zero-order chi connectivity index (χ0) is 36.1. The van der Waals surface area contributed by atoms with E-state index in [1.165, 1.54) is 244 Å². The van der Waals surface area contributed by atoms with E-state index in [0.717, 1.165) is 26.1 Å². The van der Waals surface area contributed by atoms with E-state index >= 15 is 0 Å². The third-order valence-electron chi connectivity index (χ3n) is 10.9. The third-order valence-corrected chi connectivity index (χ3v) is 10.9. The monoisotopic (exact) mass is 709 g/mol. The quantitative estimate of drug-likeness (QED) is 0.0640. The van der Waals surface area contributed by atoms with Gasteiger partial charge in [0.05, 0.1) is 13.2 Å². The second-order valence-electron chi connectivity index (χ2n) is 16.2. The highest BCUT2D eigenvalue weighted by molar-refractivity contribution is 4.55. The van der Waals surface area contributed by atoms with Crippen molar-refractivity contribution < 1.29 is 14.6 Å². The Kier molecular flexibility index (Phi) is 46.8. The molecule has 0 aromatic rings. The maximum atomic E-state index is 10.1. The van der Waals surface area contributed by atoms with Crippen molar-refractivity contribution in [1.82, 2.24) is 0 Å². The summed E-state index contributed by atoms with van der Waals surface area (Å²) in [6.45, 7) is 6.98. The number of aliphatic hydroxyl groups excluding tert-OH is 1. The molecule has 0 rings (SSSR count). The third kappa shape index (κ3) is 45.9. The van der Waals surface area contributed by atoms with Crippen LogP contribution < -0.4 is 0 Å². The highest BCUT2D eigenvalue weighted by Crippen LogP contribution is 2.16. The molecule has 0 aliphatic heterocycles. The number of hydrogen-bond donors (Lipinski definition) is 1. The van der Waals surface area contributed by atoms with Crippen LogP contribution in [0.15, 0.2) is 0 Å². The van der Waals surface area contributed by atoms with Gasteiger partial charge in [-0.15, -0.1) is 0 Å². The lowest BCUT2D eigenvalue weighted by Crippen LogP contribution is -2.22. The topological polar surface area (TPSA) is 38.7 Å². The van der Waals surface area contributed by atoms with E-state index in [-0.39, 0.29) is 0 Å². The standard InChI is InChI=1S/C47H96O3/c1-3-5-7-9-11-13-15-17-19-21-23-25-27-29-31-33-35-37-39-41-43-49-45-47(48)46-50-44-42-40-38-36-34-32-30-28-26-24-22-20-18-16-14-12-10-8-6-4-2/h47-48H,3-46H2,1-2H3. The Bertz CT molecular complexity index is 519. The van der Waals surface area contributed by atoms with E-state index < -0.39 is 6.10 Å². The molecular weight excluding hydrogens is 613 g/mol. The maximum absolute atomic E-state index is 10.1. The SMILES string of the molecule is CCCCCCCCCCCCCCCCCCCCCCOCC(O)COCCCCCCCCCCCCCCCCCCCCCC. The minimum absolute atomic E-state index is 0.415. The van der Waals surface area contributed by atoms with Crippen LogP contribution in [0.25, 0.3) is 0 Å². The Balaban J connectivity index is 3.14. The smallest absolute Gasteiger partial charge is 0.101 e. The number of aliphatic hydroxyl groups is 1. The summed E-state index contributed by atoms with van der Waals surface area (Å²) in [7, 11) is 0. The van der Waals surface area contributed by atoms with Gasteiger partial charge in [-0.1, -0.05) is 258 Å². The molecule has 0 aliphatic carbocycles. The first-order valence-corrected chi connectivity index (χ1v) is 23.6. The van der Waals surface area contributed by atoms with Crippen molar-refractivity contribution in [3.8, 4) is 0 Å². The van der Waals surface area contributed by atoms with Gasteiger partial charge >= 0.3 is 0 Å². The Morgan fingerprint density at radius 3 is 0.600 bits per heavy atom. The van der Waals surface area contributed by atoms with E-state index in [2.05, 4.69) is 13.8 Å². The van der Waals surface area contributed by atoms with Crippen molar-refractivity contribution in [3.63, 3.8) is 0 Å². The predicted molar refractivity (Wildman–Crippen MR) is 224 cm³/mol. The highest BCUT2D eigenvalue weighted by atomic mass is 16.5. The molecule has 0 saturated carbocycles. The van der Waals surface area contributed by atoms with Crippen molar-refractivity contribution >= 4 is 0 Å². The first kappa shape index (κ1) is 49.9. The van der Waals surface area contributed by atoms with E-state index in [9.17, 15) is 5.11 Å². The highest BCUT2D eigenvalue weighted by Gasteiger charge is 2.04. The van der Waals surface area contributed by atoms with Gasteiger partial charge in [0.2, 0.25) is 0 Å². The van der Waals surface area contributed by atoms with E-state index in [4.69, 9.17) is 9.47 Å². The molecule has 0 aromatic heterocycles. The minimum Gasteiger partial charge on any atom is -0.388 e. The van der Waals surface area contributed by atoms with Gasteiger partial charge in [-0.05, 0) is 12.8 Å². The van der Waals surface area contributed by atoms with Crippen molar-refractivity contribution in [3.05, 3.63) is 0 Å². The summed E-state index contributed by atoms with van der Waals surface area (Å²) < 4.78 is 11.4. The van der Waals surface area contributed by atoms with Crippen molar-refractivity contribution in [2.24, 2.45) is 0 Å². The van der Waals surface area contributed by atoms with Crippen LogP contribution >= 0.6 is 0 Å². The average Bonchev–Trinajstić information content (AvgIpc) is 3.12. The summed E-state index contributed by atoms with van der Waals surface area (Å²) in [5.41, 5.74) is 0. The summed E-state index contributed by atoms with van der Waals surface area (Å²) in [4.78, 5) is 0. The van der Waals surface area contributed by atoms with Crippen LogP contribution in [0.1, 0.15) is 271 Å². The van der Waals surface area contributed by atoms with Gasteiger partial charge < -0.3 is 14.6 Å². The average molecular weight is 709 g/mol. The van der Waals surface area contributed by atoms with Crippen LogP contribution in [0.3, 0.4) is 0 Å². The van der Waals surface area contributed by atoms with Crippen LogP contribution in [0.2, 0.25) is 0 Å². The summed E-state index contributed by atoms with van der Waals surface area (Å²) >= 11 is 0. The molecular formula is C47H96O3. The lowest BCUT2D eigenvalue weighted by molar-refractivity contribution is -0.0201. The Morgan fingerprint density at radius 1 is 0.260 bits per heavy atom. The second-order valence-corrected chi connectivity index (χ2v) is 16.2. The van der Waals surface area contributed by atoms with Gasteiger partial charge in [-0.2, -0.15) is 0 Å². The second kappa shape index (κ2) is 46.9. The number of unbranched alkanes of at least 4 members (excludes halogenated alkanes) is 38. The first-order chi connectivity index (χ1) is 24.8. The number of rotatable bonds is 46. The molecule has 0 spiro atoms. The van der Waals surface area contributed by atoms with Gasteiger partial charge in [0.15, 0.2) is 0 Å². The van der Waals surface area contributed by atoms with Gasteiger partial charge in [-0.3, -0.25) is 0 Å². The lowest BCUT2D eigenvalue weighted by atomic mass is 10.0. The molecule has 302 valence electrons. The van der Waals surface area contributed by atoms with Gasteiger partial charge in [0, 0.05) is 13.2 Å². The van der Waals surface area contributed by atoms with Crippen molar-refractivity contribution in [2.75, 3.05) is 26.4 Å². The van der Waals surface area contributed by atoms with E-state index in [0.29, 0.717) is 13.2 Å². The summed E-state index contributed by atoms with van der Waals surface area (Å²) in [6, 6.07) is 0. The molecule has 1 N–H and O–H groups in total. The molecule has 0 fully saturated rings. The Labute approximate surface area is 317 Å². The molecule has 0 heterocycles. The van der Waals surface area contributed by atoms with Crippen LogP contribution in [0.4, 0.5) is 0 Å². The van der Waals surface area contributed by atoms with Crippen molar-refractivity contribution in [1.29, 1.82) is 0 Å². The molecule has 0 saturated heterocycles. The van der Waals surface area contributed by atoms with Crippen molar-refractivity contribution in [2.45, 2.75) is 277 Å². The fraction of sp³-hybridized carbons (Fsp3) is 1.00. The molecule has 0 aliphatic rings. The molecule has 3 nitrogen and oxygen atoms in total. The molecule has 3 heteroatoms. The molecule has 0 unspecified atom stereocenters. The number of ether oxygens (including phenoxy) is 2. The van der Waals surface area contributed by atoms with Gasteiger partial charge in [0.1, 0.15) is 6.10 Å². The normalized spacial score (nSPS) is 11.8. The lowest BCUT2D eigenvalue weighted by Gasteiger charge is -2.12. The van der Waals surface area contributed by atoms with Crippen LogP contribution in [0.5, 0.6) is 0 Å².